The number of rotatable bonds is 2. The Balaban J connectivity index is 0.00000133. The Morgan fingerprint density at radius 1 is 1.00 bits per heavy atom. The van der Waals surface area contributed by atoms with Gasteiger partial charge in [-0.3, -0.25) is 0 Å². The topological polar surface area (TPSA) is 39.2 Å². The fourth-order valence-corrected chi connectivity index (χ4v) is 2.12. The highest BCUT2D eigenvalue weighted by molar-refractivity contribution is 6.30. The molecule has 1 atom stereocenters. The summed E-state index contributed by atoms with van der Waals surface area (Å²) in [4.78, 5) is 0. The summed E-state index contributed by atoms with van der Waals surface area (Å²) in [6.45, 7) is 0. The molecule has 0 amide bonds. The molecule has 0 radical (unpaired) electrons. The van der Waals surface area contributed by atoms with Crippen LogP contribution in [0.1, 0.15) is 17.4 Å². The summed E-state index contributed by atoms with van der Waals surface area (Å²) in [6.07, 6.45) is 0. The normalized spacial score (nSPS) is 12.1. The second kappa shape index (κ2) is 5.66. The van der Waals surface area contributed by atoms with Gasteiger partial charge in [-0.1, -0.05) is 41.9 Å². The minimum absolute atomic E-state index is 0. The molecule has 2 aromatic carbocycles. The van der Waals surface area contributed by atoms with Crippen molar-refractivity contribution >= 4 is 35.0 Å². The second-order valence-electron chi connectivity index (χ2n) is 4.22. The lowest BCUT2D eigenvalue weighted by Gasteiger charge is -2.08. The van der Waals surface area contributed by atoms with E-state index in [-0.39, 0.29) is 18.4 Å². The van der Waals surface area contributed by atoms with Crippen molar-refractivity contribution in [2.45, 2.75) is 6.04 Å². The molecule has 1 heterocycles. The predicted molar refractivity (Wildman–Crippen MR) is 80.9 cm³/mol. The molecule has 1 unspecified atom stereocenters. The van der Waals surface area contributed by atoms with Gasteiger partial charge in [-0.05, 0) is 29.8 Å². The van der Waals surface area contributed by atoms with E-state index in [0.29, 0.717) is 5.02 Å². The van der Waals surface area contributed by atoms with Crippen LogP contribution in [0.5, 0.6) is 0 Å². The minimum atomic E-state index is -0.269. The monoisotopic (exact) mass is 293 g/mol. The summed E-state index contributed by atoms with van der Waals surface area (Å²) in [5, 5.41) is 1.77. The first-order valence-corrected chi connectivity index (χ1v) is 6.11. The maximum absolute atomic E-state index is 6.19. The zero-order valence-corrected chi connectivity index (χ0v) is 11.6. The van der Waals surface area contributed by atoms with E-state index in [1.807, 2.05) is 54.6 Å². The van der Waals surface area contributed by atoms with Gasteiger partial charge in [0.1, 0.15) is 11.3 Å². The second-order valence-corrected chi connectivity index (χ2v) is 4.65. The molecule has 0 saturated heterocycles. The van der Waals surface area contributed by atoms with E-state index in [4.69, 9.17) is 21.8 Å². The molecule has 0 saturated carbocycles. The summed E-state index contributed by atoms with van der Waals surface area (Å²) in [5.74, 6) is 0.763. The molecule has 4 heteroatoms. The molecule has 3 rings (SSSR count). The minimum Gasteiger partial charge on any atom is -0.459 e. The molecule has 0 bridgehead atoms. The standard InChI is InChI=1S/C15H12ClNO.ClH/c16-12-7-5-10(6-8-12)15(17)14-9-11-3-1-2-4-13(11)18-14;/h1-9,15H,17H2;1H. The van der Waals surface area contributed by atoms with Crippen LogP contribution in [0, 0.1) is 0 Å². The van der Waals surface area contributed by atoms with Crippen LogP contribution >= 0.6 is 24.0 Å². The third-order valence-electron chi connectivity index (χ3n) is 2.98. The third-order valence-corrected chi connectivity index (χ3v) is 3.23. The molecular weight excluding hydrogens is 281 g/mol. The summed E-state index contributed by atoms with van der Waals surface area (Å²) < 4.78 is 5.76. The number of hydrogen-bond donors (Lipinski definition) is 1. The molecule has 0 spiro atoms. The SMILES string of the molecule is Cl.NC(c1ccc(Cl)cc1)c1cc2ccccc2o1. The summed E-state index contributed by atoms with van der Waals surface area (Å²) in [7, 11) is 0. The molecule has 0 aliphatic heterocycles. The average Bonchev–Trinajstić information content (AvgIpc) is 2.82. The quantitative estimate of drug-likeness (QED) is 0.752. The Bertz CT molecular complexity index is 643. The highest BCUT2D eigenvalue weighted by atomic mass is 35.5. The van der Waals surface area contributed by atoms with Gasteiger partial charge in [0.25, 0.3) is 0 Å². The summed E-state index contributed by atoms with van der Waals surface area (Å²) in [5.41, 5.74) is 8.04. The molecule has 2 nitrogen and oxygen atoms in total. The van der Waals surface area contributed by atoms with E-state index in [9.17, 15) is 0 Å². The Morgan fingerprint density at radius 2 is 1.68 bits per heavy atom. The lowest BCUT2D eigenvalue weighted by molar-refractivity contribution is 0.525. The van der Waals surface area contributed by atoms with Crippen LogP contribution in [0.3, 0.4) is 0 Å². The number of furan rings is 1. The van der Waals surface area contributed by atoms with E-state index in [1.54, 1.807) is 0 Å². The Kier molecular flexibility index (Phi) is 4.15. The first-order valence-electron chi connectivity index (χ1n) is 5.73. The van der Waals surface area contributed by atoms with Crippen molar-refractivity contribution in [3.8, 4) is 0 Å². The number of nitrogens with two attached hydrogens (primary N) is 1. The largest absolute Gasteiger partial charge is 0.459 e. The fourth-order valence-electron chi connectivity index (χ4n) is 1.99. The Morgan fingerprint density at radius 3 is 2.37 bits per heavy atom. The van der Waals surface area contributed by atoms with Crippen LogP contribution in [-0.4, -0.2) is 0 Å². The van der Waals surface area contributed by atoms with Gasteiger partial charge in [0.2, 0.25) is 0 Å². The molecule has 98 valence electrons. The highest BCUT2D eigenvalue weighted by Gasteiger charge is 2.13. The molecule has 0 fully saturated rings. The number of benzene rings is 2. The number of halogens is 2. The van der Waals surface area contributed by atoms with E-state index < -0.39 is 0 Å². The van der Waals surface area contributed by atoms with E-state index >= 15 is 0 Å². The third kappa shape index (κ3) is 2.76. The first-order chi connectivity index (χ1) is 8.74. The predicted octanol–water partition coefficient (Wildman–Crippen LogP) is 4.56. The zero-order chi connectivity index (χ0) is 12.5. The molecule has 19 heavy (non-hydrogen) atoms. The summed E-state index contributed by atoms with van der Waals surface area (Å²) >= 11 is 5.86. The van der Waals surface area contributed by atoms with Gasteiger partial charge in [-0.15, -0.1) is 12.4 Å². The maximum Gasteiger partial charge on any atom is 0.134 e. The van der Waals surface area contributed by atoms with Crippen molar-refractivity contribution in [2.24, 2.45) is 5.73 Å². The van der Waals surface area contributed by atoms with Gasteiger partial charge < -0.3 is 10.2 Å². The molecule has 0 aliphatic rings. The molecule has 2 N–H and O–H groups in total. The molecule has 1 aromatic heterocycles. The zero-order valence-electron chi connectivity index (χ0n) is 10.0. The molecular formula is C15H13Cl2NO. The van der Waals surface area contributed by atoms with Gasteiger partial charge >= 0.3 is 0 Å². The van der Waals surface area contributed by atoms with Crippen LogP contribution < -0.4 is 5.73 Å². The summed E-state index contributed by atoms with van der Waals surface area (Å²) in [6, 6.07) is 17.1. The van der Waals surface area contributed by atoms with Crippen molar-refractivity contribution in [1.82, 2.24) is 0 Å². The molecule has 3 aromatic rings. The first kappa shape index (κ1) is 13.9. The van der Waals surface area contributed by atoms with Crippen molar-refractivity contribution in [2.75, 3.05) is 0 Å². The van der Waals surface area contributed by atoms with E-state index in [2.05, 4.69) is 0 Å². The van der Waals surface area contributed by atoms with Crippen LogP contribution in [0.15, 0.2) is 59.0 Å². The maximum atomic E-state index is 6.19. The van der Waals surface area contributed by atoms with Gasteiger partial charge in [0.15, 0.2) is 0 Å². The number of para-hydroxylation sites is 1. The van der Waals surface area contributed by atoms with Crippen LogP contribution in [0.4, 0.5) is 0 Å². The van der Waals surface area contributed by atoms with Gasteiger partial charge in [0, 0.05) is 10.4 Å². The lowest BCUT2D eigenvalue weighted by atomic mass is 10.1. The van der Waals surface area contributed by atoms with Crippen molar-refractivity contribution in [1.29, 1.82) is 0 Å². The van der Waals surface area contributed by atoms with Crippen LogP contribution in [0.2, 0.25) is 5.02 Å². The van der Waals surface area contributed by atoms with Crippen molar-refractivity contribution in [3.63, 3.8) is 0 Å². The smallest absolute Gasteiger partial charge is 0.134 e. The van der Waals surface area contributed by atoms with Gasteiger partial charge in [0.05, 0.1) is 6.04 Å². The van der Waals surface area contributed by atoms with Crippen LogP contribution in [0.25, 0.3) is 11.0 Å². The average molecular weight is 294 g/mol. The molecule has 0 aliphatic carbocycles. The van der Waals surface area contributed by atoms with E-state index in [0.717, 1.165) is 22.3 Å². The highest BCUT2D eigenvalue weighted by Crippen LogP contribution is 2.27. The lowest BCUT2D eigenvalue weighted by Crippen LogP contribution is -2.10. The van der Waals surface area contributed by atoms with Crippen LogP contribution in [-0.2, 0) is 0 Å². The fraction of sp³-hybridized carbons (Fsp3) is 0.0667. The number of hydrogen-bond acceptors (Lipinski definition) is 2. The van der Waals surface area contributed by atoms with Gasteiger partial charge in [-0.25, -0.2) is 0 Å². The van der Waals surface area contributed by atoms with Gasteiger partial charge in [-0.2, -0.15) is 0 Å². The van der Waals surface area contributed by atoms with Crippen molar-refractivity contribution < 1.29 is 4.42 Å². The Hall–Kier alpha value is -1.48. The Labute approximate surface area is 122 Å². The number of fused-ring (bicyclic) bond motifs is 1. The van der Waals surface area contributed by atoms with E-state index in [1.165, 1.54) is 0 Å². The van der Waals surface area contributed by atoms with Crippen molar-refractivity contribution in [3.05, 3.63) is 70.9 Å².